The minimum Gasteiger partial charge on any atom is -0.380 e. The fourth-order valence-corrected chi connectivity index (χ4v) is 3.16. The first kappa shape index (κ1) is 16.3. The lowest BCUT2D eigenvalue weighted by molar-refractivity contribution is 0.0729. The van der Waals surface area contributed by atoms with Crippen LogP contribution in [0.2, 0.25) is 0 Å². The molecule has 2 aromatic heterocycles. The van der Waals surface area contributed by atoms with Gasteiger partial charge >= 0.3 is 0 Å². The van der Waals surface area contributed by atoms with Crippen LogP contribution >= 0.6 is 0 Å². The summed E-state index contributed by atoms with van der Waals surface area (Å²) in [6, 6.07) is 15.9. The number of fused-ring (bicyclic) bond motifs is 1. The van der Waals surface area contributed by atoms with Crippen LogP contribution < -0.4 is 5.32 Å². The van der Waals surface area contributed by atoms with Crippen LogP contribution in [0.25, 0.3) is 0 Å². The van der Waals surface area contributed by atoms with Gasteiger partial charge in [0.25, 0.3) is 5.91 Å². The number of carbonyl (C=O) groups is 1. The first-order valence-corrected chi connectivity index (χ1v) is 8.74. The number of carbonyl (C=O) groups excluding carboxylic acids is 1. The summed E-state index contributed by atoms with van der Waals surface area (Å²) in [5.41, 5.74) is 5.02. The van der Waals surface area contributed by atoms with Gasteiger partial charge in [0, 0.05) is 32.0 Å². The number of benzene rings is 1. The fraction of sp³-hybridized carbons (Fsp3) is 0.190. The number of nitrogens with zero attached hydrogens (tertiary/aromatic N) is 3. The maximum atomic E-state index is 12.7. The summed E-state index contributed by atoms with van der Waals surface area (Å²) in [5.74, 6) is -0.0155. The van der Waals surface area contributed by atoms with E-state index in [-0.39, 0.29) is 5.91 Å². The third-order valence-corrected chi connectivity index (χ3v) is 4.62. The molecule has 0 saturated carbocycles. The summed E-state index contributed by atoms with van der Waals surface area (Å²) in [7, 11) is 0. The van der Waals surface area contributed by atoms with Crippen LogP contribution in [0.4, 0.5) is 5.69 Å². The molecule has 0 saturated heterocycles. The zero-order chi connectivity index (χ0) is 17.8. The average molecular weight is 344 g/mol. The second-order valence-electron chi connectivity index (χ2n) is 6.39. The van der Waals surface area contributed by atoms with Crippen molar-refractivity contribution in [2.24, 2.45) is 0 Å². The zero-order valence-corrected chi connectivity index (χ0v) is 14.4. The van der Waals surface area contributed by atoms with Gasteiger partial charge in [-0.15, -0.1) is 0 Å². The summed E-state index contributed by atoms with van der Waals surface area (Å²) in [4.78, 5) is 23.1. The first-order chi connectivity index (χ1) is 12.8. The zero-order valence-electron chi connectivity index (χ0n) is 14.4. The summed E-state index contributed by atoms with van der Waals surface area (Å²) in [5, 5.41) is 3.29. The SMILES string of the molecule is O=C(c1ccc(NCc2cccnc2)cn1)N1CCc2ccccc2C1. The van der Waals surface area contributed by atoms with Crippen molar-refractivity contribution >= 4 is 11.6 Å². The molecule has 0 unspecified atom stereocenters. The Balaban J connectivity index is 1.40. The Morgan fingerprint density at radius 2 is 1.92 bits per heavy atom. The van der Waals surface area contributed by atoms with Gasteiger partial charge in [-0.05, 0) is 41.3 Å². The van der Waals surface area contributed by atoms with E-state index in [1.165, 1.54) is 11.1 Å². The summed E-state index contributed by atoms with van der Waals surface area (Å²) < 4.78 is 0. The minimum absolute atomic E-state index is 0.0155. The third-order valence-electron chi connectivity index (χ3n) is 4.62. The molecule has 3 heterocycles. The number of aromatic nitrogens is 2. The van der Waals surface area contributed by atoms with Crippen molar-refractivity contribution in [2.75, 3.05) is 11.9 Å². The summed E-state index contributed by atoms with van der Waals surface area (Å²) in [6.07, 6.45) is 6.19. The highest BCUT2D eigenvalue weighted by atomic mass is 16.2. The van der Waals surface area contributed by atoms with Crippen molar-refractivity contribution in [3.05, 3.63) is 89.5 Å². The molecule has 1 aromatic carbocycles. The van der Waals surface area contributed by atoms with Gasteiger partial charge in [-0.1, -0.05) is 30.3 Å². The van der Waals surface area contributed by atoms with Crippen molar-refractivity contribution in [2.45, 2.75) is 19.5 Å². The van der Waals surface area contributed by atoms with Crippen molar-refractivity contribution in [1.82, 2.24) is 14.9 Å². The summed E-state index contributed by atoms with van der Waals surface area (Å²) in [6.45, 7) is 2.06. The number of pyridine rings is 2. The lowest BCUT2D eigenvalue weighted by Gasteiger charge is -2.28. The molecule has 3 aromatic rings. The van der Waals surface area contributed by atoms with E-state index in [4.69, 9.17) is 0 Å². The third kappa shape index (κ3) is 3.57. The van der Waals surface area contributed by atoms with Crippen molar-refractivity contribution in [3.63, 3.8) is 0 Å². The number of amides is 1. The second kappa shape index (κ2) is 7.35. The number of hydrogen-bond donors (Lipinski definition) is 1. The molecule has 1 amide bonds. The highest BCUT2D eigenvalue weighted by Crippen LogP contribution is 2.20. The predicted molar refractivity (Wildman–Crippen MR) is 101 cm³/mol. The number of rotatable bonds is 4. The van der Waals surface area contributed by atoms with Crippen LogP contribution in [0.5, 0.6) is 0 Å². The van der Waals surface area contributed by atoms with Gasteiger partial charge in [0.05, 0.1) is 11.9 Å². The molecular weight excluding hydrogens is 324 g/mol. The lowest BCUT2D eigenvalue weighted by atomic mass is 10.00. The Morgan fingerprint density at radius 1 is 1.04 bits per heavy atom. The Labute approximate surface area is 152 Å². The maximum Gasteiger partial charge on any atom is 0.272 e. The molecule has 0 spiro atoms. The normalized spacial score (nSPS) is 13.2. The first-order valence-electron chi connectivity index (χ1n) is 8.74. The molecule has 0 atom stereocenters. The van der Waals surface area contributed by atoms with Gasteiger partial charge in [0.2, 0.25) is 0 Å². The maximum absolute atomic E-state index is 12.7. The van der Waals surface area contributed by atoms with Gasteiger partial charge in [-0.3, -0.25) is 9.78 Å². The molecule has 26 heavy (non-hydrogen) atoms. The molecule has 5 nitrogen and oxygen atoms in total. The van der Waals surface area contributed by atoms with Crippen LogP contribution in [-0.2, 0) is 19.5 Å². The molecular formula is C21H20N4O. The standard InChI is InChI=1S/C21H20N4O/c26-21(25-11-9-17-5-1-2-6-18(17)15-25)20-8-7-19(14-24-20)23-13-16-4-3-10-22-12-16/h1-8,10,12,14,23H,9,11,13,15H2. The van der Waals surface area contributed by atoms with Gasteiger partial charge < -0.3 is 10.2 Å². The van der Waals surface area contributed by atoms with E-state index in [2.05, 4.69) is 33.5 Å². The monoisotopic (exact) mass is 344 g/mol. The smallest absolute Gasteiger partial charge is 0.272 e. The minimum atomic E-state index is -0.0155. The summed E-state index contributed by atoms with van der Waals surface area (Å²) >= 11 is 0. The lowest BCUT2D eigenvalue weighted by Crippen LogP contribution is -2.36. The molecule has 0 aliphatic carbocycles. The topological polar surface area (TPSA) is 58.1 Å². The van der Waals surface area contributed by atoms with Crippen LogP contribution in [0.15, 0.2) is 67.1 Å². The highest BCUT2D eigenvalue weighted by molar-refractivity contribution is 5.92. The fourth-order valence-electron chi connectivity index (χ4n) is 3.16. The Kier molecular flexibility index (Phi) is 4.60. The van der Waals surface area contributed by atoms with Crippen molar-refractivity contribution in [1.29, 1.82) is 0 Å². The largest absolute Gasteiger partial charge is 0.380 e. The molecule has 1 N–H and O–H groups in total. The highest BCUT2D eigenvalue weighted by Gasteiger charge is 2.22. The van der Waals surface area contributed by atoms with E-state index in [0.717, 1.165) is 24.2 Å². The molecule has 0 radical (unpaired) electrons. The molecule has 0 bridgehead atoms. The average Bonchev–Trinajstić information content (AvgIpc) is 2.72. The van der Waals surface area contributed by atoms with E-state index >= 15 is 0 Å². The van der Waals surface area contributed by atoms with E-state index in [9.17, 15) is 4.79 Å². The Morgan fingerprint density at radius 3 is 2.69 bits per heavy atom. The Bertz CT molecular complexity index is 893. The van der Waals surface area contributed by atoms with Gasteiger partial charge in [-0.2, -0.15) is 0 Å². The van der Waals surface area contributed by atoms with Crippen LogP contribution in [0.1, 0.15) is 27.2 Å². The van der Waals surface area contributed by atoms with Gasteiger partial charge in [0.15, 0.2) is 0 Å². The molecule has 130 valence electrons. The number of anilines is 1. The predicted octanol–water partition coefficient (Wildman–Crippen LogP) is 3.29. The Hall–Kier alpha value is -3.21. The quantitative estimate of drug-likeness (QED) is 0.789. The number of nitrogens with one attached hydrogen (secondary N) is 1. The van der Waals surface area contributed by atoms with E-state index in [0.29, 0.717) is 18.8 Å². The van der Waals surface area contributed by atoms with E-state index < -0.39 is 0 Å². The second-order valence-corrected chi connectivity index (χ2v) is 6.39. The van der Waals surface area contributed by atoms with Crippen LogP contribution in [-0.4, -0.2) is 27.3 Å². The van der Waals surface area contributed by atoms with Crippen molar-refractivity contribution in [3.8, 4) is 0 Å². The molecule has 5 heteroatoms. The van der Waals surface area contributed by atoms with Crippen molar-refractivity contribution < 1.29 is 4.79 Å². The molecule has 0 fully saturated rings. The number of hydrogen-bond acceptors (Lipinski definition) is 4. The van der Waals surface area contributed by atoms with Gasteiger partial charge in [0.1, 0.15) is 5.69 Å². The molecule has 1 aliphatic rings. The van der Waals surface area contributed by atoms with Crippen LogP contribution in [0.3, 0.4) is 0 Å². The molecule has 4 rings (SSSR count). The van der Waals surface area contributed by atoms with Gasteiger partial charge in [-0.25, -0.2) is 4.98 Å². The molecule has 1 aliphatic heterocycles. The van der Waals surface area contributed by atoms with E-state index in [1.54, 1.807) is 18.5 Å². The van der Waals surface area contributed by atoms with Crippen LogP contribution in [0, 0.1) is 0 Å². The van der Waals surface area contributed by atoms with E-state index in [1.807, 2.05) is 35.4 Å².